The highest BCUT2D eigenvalue weighted by atomic mass is 15.1. The molecule has 0 N–H and O–H groups in total. The fourth-order valence-corrected chi connectivity index (χ4v) is 9.55. The Morgan fingerprint density at radius 3 is 1.35 bits per heavy atom. The van der Waals surface area contributed by atoms with Crippen LogP contribution in [0.2, 0.25) is 0 Å². The van der Waals surface area contributed by atoms with Gasteiger partial charge in [-0.25, -0.2) is 0 Å². The zero-order valence-electron chi connectivity index (χ0n) is 32.0. The van der Waals surface area contributed by atoms with Crippen molar-refractivity contribution in [2.45, 2.75) is 57.8 Å². The number of hydrogen-bond acceptors (Lipinski definition) is 1. The third-order valence-electron chi connectivity index (χ3n) is 12.2. The van der Waals surface area contributed by atoms with Gasteiger partial charge in [0.2, 0.25) is 0 Å². The van der Waals surface area contributed by atoms with Crippen molar-refractivity contribution in [2.24, 2.45) is 0 Å². The highest BCUT2D eigenvalue weighted by Crippen LogP contribution is 2.65. The fraction of sp³-hybridized carbons (Fsp3) is 0.170. The summed E-state index contributed by atoms with van der Waals surface area (Å²) in [7, 11) is 0. The van der Waals surface area contributed by atoms with Gasteiger partial charge in [-0.05, 0) is 124 Å². The first-order valence-corrected chi connectivity index (χ1v) is 19.4. The minimum Gasteiger partial charge on any atom is -0.310 e. The minimum atomic E-state index is -0.439. The molecule has 0 radical (unpaired) electrons. The minimum absolute atomic E-state index is 0.0807. The van der Waals surface area contributed by atoms with Crippen molar-refractivity contribution < 1.29 is 0 Å². The van der Waals surface area contributed by atoms with Gasteiger partial charge in [-0.1, -0.05) is 169 Å². The van der Waals surface area contributed by atoms with E-state index in [4.69, 9.17) is 0 Å². The third kappa shape index (κ3) is 4.64. The molecule has 0 saturated carbocycles. The molecule has 0 fully saturated rings. The van der Waals surface area contributed by atoms with E-state index in [0.717, 1.165) is 17.1 Å². The molecule has 0 atom stereocenters. The molecule has 54 heavy (non-hydrogen) atoms. The highest BCUT2D eigenvalue weighted by molar-refractivity contribution is 6.09. The van der Waals surface area contributed by atoms with Crippen LogP contribution < -0.4 is 4.90 Å². The molecule has 2 aliphatic rings. The first kappa shape index (κ1) is 32.7. The lowest BCUT2D eigenvalue weighted by Gasteiger charge is -2.32. The van der Waals surface area contributed by atoms with E-state index in [1.165, 1.54) is 77.2 Å². The van der Waals surface area contributed by atoms with Gasteiger partial charge in [0.15, 0.2) is 0 Å². The van der Waals surface area contributed by atoms with E-state index in [9.17, 15) is 0 Å². The van der Waals surface area contributed by atoms with Gasteiger partial charge < -0.3 is 4.90 Å². The second-order valence-corrected chi connectivity index (χ2v) is 17.4. The summed E-state index contributed by atoms with van der Waals surface area (Å²) in [5.41, 5.74) is 16.7. The van der Waals surface area contributed by atoms with E-state index >= 15 is 0 Å². The Kier molecular flexibility index (Phi) is 6.99. The van der Waals surface area contributed by atoms with E-state index in [1.807, 2.05) is 0 Å². The summed E-state index contributed by atoms with van der Waals surface area (Å²) < 4.78 is 0. The van der Waals surface area contributed by atoms with Crippen molar-refractivity contribution in [3.8, 4) is 22.3 Å². The predicted octanol–water partition coefficient (Wildman–Crippen LogP) is 14.4. The normalized spacial score (nSPS) is 13.9. The number of anilines is 3. The van der Waals surface area contributed by atoms with Crippen LogP contribution in [0.1, 0.15) is 74.9 Å². The summed E-state index contributed by atoms with van der Waals surface area (Å²) >= 11 is 0. The lowest BCUT2D eigenvalue weighted by atomic mass is 9.68. The van der Waals surface area contributed by atoms with Gasteiger partial charge in [-0.3, -0.25) is 0 Å². The molecule has 0 bridgehead atoms. The lowest BCUT2D eigenvalue weighted by Crippen LogP contribution is -2.26. The molecule has 0 heterocycles. The zero-order chi connectivity index (χ0) is 37.0. The molecular formula is C53H45N. The monoisotopic (exact) mass is 695 g/mol. The molecule has 10 rings (SSSR count). The number of benzene rings is 8. The first-order chi connectivity index (χ1) is 26.0. The molecule has 0 amide bonds. The van der Waals surface area contributed by atoms with Crippen LogP contribution in [0, 0.1) is 0 Å². The van der Waals surface area contributed by atoms with Crippen LogP contribution in [-0.4, -0.2) is 0 Å². The van der Waals surface area contributed by atoms with Gasteiger partial charge in [-0.15, -0.1) is 0 Å². The van der Waals surface area contributed by atoms with Gasteiger partial charge in [0.05, 0.1) is 5.41 Å². The molecule has 0 aliphatic heterocycles. The van der Waals surface area contributed by atoms with Crippen LogP contribution in [0.4, 0.5) is 17.1 Å². The molecular weight excluding hydrogens is 651 g/mol. The zero-order valence-corrected chi connectivity index (χ0v) is 32.0. The molecule has 0 saturated heterocycles. The van der Waals surface area contributed by atoms with E-state index < -0.39 is 5.41 Å². The Labute approximate surface area is 319 Å². The summed E-state index contributed by atoms with van der Waals surface area (Å²) in [5, 5.41) is 5.15. The van der Waals surface area contributed by atoms with E-state index in [-0.39, 0.29) is 10.8 Å². The van der Waals surface area contributed by atoms with Gasteiger partial charge in [0.1, 0.15) is 0 Å². The van der Waals surface area contributed by atoms with Crippen LogP contribution in [-0.2, 0) is 16.2 Å². The molecule has 1 spiro atoms. The molecule has 8 aromatic rings. The number of fused-ring (bicyclic) bond motifs is 14. The van der Waals surface area contributed by atoms with Gasteiger partial charge in [0, 0.05) is 17.1 Å². The summed E-state index contributed by atoms with van der Waals surface area (Å²) in [5.74, 6) is 0. The van der Waals surface area contributed by atoms with Crippen LogP contribution in [0.5, 0.6) is 0 Å². The lowest BCUT2D eigenvalue weighted by molar-refractivity contribution is 0.590. The van der Waals surface area contributed by atoms with Crippen LogP contribution in [0.3, 0.4) is 0 Å². The maximum absolute atomic E-state index is 2.42. The van der Waals surface area contributed by atoms with Crippen molar-refractivity contribution in [2.75, 3.05) is 4.90 Å². The van der Waals surface area contributed by atoms with Crippen LogP contribution in [0.15, 0.2) is 164 Å². The third-order valence-corrected chi connectivity index (χ3v) is 12.2. The Morgan fingerprint density at radius 2 is 0.815 bits per heavy atom. The second-order valence-electron chi connectivity index (χ2n) is 17.4. The SMILES string of the molecule is CC(C)(C)c1ccc(N(c2ccc(C(C)(C)C)cc2)c2ccc3c4c(ccc3c2)-c2ccc3ccccc3c2C42c3ccccc3-c3ccccc32)cc1. The quantitative estimate of drug-likeness (QED) is 0.178. The molecule has 1 nitrogen and oxygen atoms in total. The smallest absolute Gasteiger partial charge is 0.0737 e. The number of rotatable bonds is 3. The van der Waals surface area contributed by atoms with Crippen molar-refractivity contribution in [1.82, 2.24) is 0 Å². The molecule has 1 heteroatoms. The van der Waals surface area contributed by atoms with Gasteiger partial charge in [-0.2, -0.15) is 0 Å². The summed E-state index contributed by atoms with van der Waals surface area (Å²) in [6.07, 6.45) is 0. The Balaban J connectivity index is 1.23. The molecule has 262 valence electrons. The van der Waals surface area contributed by atoms with E-state index in [0.29, 0.717) is 0 Å². The average Bonchev–Trinajstić information content (AvgIpc) is 3.65. The topological polar surface area (TPSA) is 3.24 Å². The Morgan fingerprint density at radius 1 is 0.370 bits per heavy atom. The maximum Gasteiger partial charge on any atom is 0.0737 e. The van der Waals surface area contributed by atoms with Gasteiger partial charge in [0.25, 0.3) is 0 Å². The van der Waals surface area contributed by atoms with Gasteiger partial charge >= 0.3 is 0 Å². The van der Waals surface area contributed by atoms with Crippen molar-refractivity contribution >= 4 is 38.6 Å². The predicted molar refractivity (Wildman–Crippen MR) is 230 cm³/mol. The Bertz CT molecular complexity index is 2670. The first-order valence-electron chi connectivity index (χ1n) is 19.4. The second kappa shape index (κ2) is 11.5. The standard InChI is InChI=1S/C53H45N/c1-51(2,3)36-21-25-38(26-22-36)54(39-27-23-37(24-28-39)52(4,5)6)40-29-32-42-35(33-40)20-31-46-45-30-19-34-13-7-8-14-41(34)49(45)53(50(42)46)47-17-11-9-15-43(47)44-16-10-12-18-48(44)53/h7-33H,1-6H3. The number of hydrogen-bond donors (Lipinski definition) is 0. The maximum atomic E-state index is 2.42. The average molecular weight is 696 g/mol. The number of nitrogens with zero attached hydrogens (tertiary/aromatic N) is 1. The van der Waals surface area contributed by atoms with E-state index in [2.05, 4.69) is 210 Å². The van der Waals surface area contributed by atoms with Crippen molar-refractivity contribution in [1.29, 1.82) is 0 Å². The Hall–Kier alpha value is -5.92. The van der Waals surface area contributed by atoms with E-state index in [1.54, 1.807) is 0 Å². The van der Waals surface area contributed by atoms with Crippen molar-refractivity contribution in [3.63, 3.8) is 0 Å². The summed E-state index contributed by atoms with van der Waals surface area (Å²) in [6.45, 7) is 13.7. The fourth-order valence-electron chi connectivity index (χ4n) is 9.55. The molecule has 0 aromatic heterocycles. The highest BCUT2D eigenvalue weighted by Gasteiger charge is 2.53. The van der Waals surface area contributed by atoms with Crippen LogP contribution >= 0.6 is 0 Å². The molecule has 0 unspecified atom stereocenters. The molecule has 2 aliphatic carbocycles. The largest absolute Gasteiger partial charge is 0.310 e. The molecule has 8 aromatic carbocycles. The summed E-state index contributed by atoms with van der Waals surface area (Å²) in [6, 6.07) is 62.1. The summed E-state index contributed by atoms with van der Waals surface area (Å²) in [4.78, 5) is 2.42. The van der Waals surface area contributed by atoms with Crippen molar-refractivity contribution in [3.05, 3.63) is 197 Å². The van der Waals surface area contributed by atoms with Crippen LogP contribution in [0.25, 0.3) is 43.8 Å².